The molecule has 0 unspecified atom stereocenters. The van der Waals surface area contributed by atoms with E-state index in [1.807, 2.05) is 59.7 Å². The zero-order valence-electron chi connectivity index (χ0n) is 22.6. The van der Waals surface area contributed by atoms with Crippen molar-refractivity contribution in [3.8, 4) is 16.2 Å². The van der Waals surface area contributed by atoms with Crippen molar-refractivity contribution in [1.82, 2.24) is 20.5 Å². The minimum atomic E-state index is -0.838. The average Bonchev–Trinajstić information content (AvgIpc) is 3.40. The minimum Gasteiger partial charge on any atom is -0.491 e. The fraction of sp³-hybridized carbons (Fsp3) is 0.556. The molecule has 3 atom stereocenters. The minimum absolute atomic E-state index is 0.0354. The van der Waals surface area contributed by atoms with Gasteiger partial charge in [0.15, 0.2) is 0 Å². The summed E-state index contributed by atoms with van der Waals surface area (Å²) in [6, 6.07) is 4.20. The molecule has 3 amide bonds. The third-order valence-corrected chi connectivity index (χ3v) is 7.19. The van der Waals surface area contributed by atoms with Crippen LogP contribution in [0.3, 0.4) is 0 Å². The average molecular weight is 531 g/mol. The third-order valence-electron chi connectivity index (χ3n) is 6.22. The number of nitrogens with zero attached hydrogens (tertiary/aromatic N) is 2. The number of likely N-dealkylation sites (tertiary alicyclic amines) is 1. The highest BCUT2D eigenvalue weighted by atomic mass is 32.1. The molecule has 9 nitrogen and oxygen atoms in total. The van der Waals surface area contributed by atoms with Gasteiger partial charge in [-0.05, 0) is 37.8 Å². The highest BCUT2D eigenvalue weighted by Gasteiger charge is 2.44. The summed E-state index contributed by atoms with van der Waals surface area (Å²) in [5.74, 6) is -0.409. The Morgan fingerprint density at radius 2 is 1.97 bits per heavy atom. The third kappa shape index (κ3) is 7.07. The van der Waals surface area contributed by atoms with Crippen molar-refractivity contribution < 1.29 is 24.2 Å². The molecule has 3 rings (SSSR count). The second kappa shape index (κ2) is 11.6. The van der Waals surface area contributed by atoms with E-state index in [1.54, 1.807) is 16.8 Å². The first-order chi connectivity index (χ1) is 17.3. The van der Waals surface area contributed by atoms with Gasteiger partial charge in [-0.15, -0.1) is 11.3 Å². The van der Waals surface area contributed by atoms with Crippen LogP contribution < -0.4 is 15.4 Å². The van der Waals surface area contributed by atoms with E-state index in [4.69, 9.17) is 4.74 Å². The Hall–Kier alpha value is -2.98. The zero-order chi connectivity index (χ0) is 27.5. The van der Waals surface area contributed by atoms with E-state index in [2.05, 4.69) is 15.6 Å². The first kappa shape index (κ1) is 28.6. The van der Waals surface area contributed by atoms with Crippen LogP contribution in [0.1, 0.15) is 59.2 Å². The lowest BCUT2D eigenvalue weighted by Gasteiger charge is -2.35. The van der Waals surface area contributed by atoms with Gasteiger partial charge in [0.2, 0.25) is 17.7 Å². The Morgan fingerprint density at radius 3 is 2.54 bits per heavy atom. The summed E-state index contributed by atoms with van der Waals surface area (Å²) < 4.78 is 6.05. The summed E-state index contributed by atoms with van der Waals surface area (Å²) in [6.45, 7) is 13.0. The van der Waals surface area contributed by atoms with E-state index in [0.29, 0.717) is 5.75 Å². The van der Waals surface area contributed by atoms with Crippen molar-refractivity contribution in [3.63, 3.8) is 0 Å². The molecule has 1 aliphatic heterocycles. The summed E-state index contributed by atoms with van der Waals surface area (Å²) in [5, 5.41) is 16.0. The van der Waals surface area contributed by atoms with Crippen LogP contribution in [0.5, 0.6) is 5.75 Å². The zero-order valence-corrected chi connectivity index (χ0v) is 23.4. The summed E-state index contributed by atoms with van der Waals surface area (Å²) in [7, 11) is 0. The molecular weight excluding hydrogens is 492 g/mol. The monoisotopic (exact) mass is 530 g/mol. The van der Waals surface area contributed by atoms with Crippen LogP contribution in [-0.4, -0.2) is 63.5 Å². The molecule has 1 aliphatic rings. The van der Waals surface area contributed by atoms with Crippen molar-refractivity contribution in [2.75, 3.05) is 6.54 Å². The van der Waals surface area contributed by atoms with Crippen LogP contribution in [0.2, 0.25) is 0 Å². The van der Waals surface area contributed by atoms with E-state index >= 15 is 0 Å². The topological polar surface area (TPSA) is 121 Å². The van der Waals surface area contributed by atoms with Crippen LogP contribution in [0.25, 0.3) is 10.4 Å². The van der Waals surface area contributed by atoms with Gasteiger partial charge in [0.05, 0.1) is 28.3 Å². The number of thiazole rings is 1. The molecular formula is C27H38N4O5S. The number of carbonyl (C=O) groups excluding carboxylic acids is 3. The van der Waals surface area contributed by atoms with Gasteiger partial charge >= 0.3 is 0 Å². The predicted molar refractivity (Wildman–Crippen MR) is 143 cm³/mol. The van der Waals surface area contributed by atoms with E-state index in [1.165, 1.54) is 11.8 Å². The number of aryl methyl sites for hydroxylation is 1. The first-order valence-corrected chi connectivity index (χ1v) is 13.4. The number of aliphatic hydroxyl groups excluding tert-OH is 1. The molecule has 1 saturated heterocycles. The van der Waals surface area contributed by atoms with Crippen LogP contribution in [0.4, 0.5) is 0 Å². The molecule has 10 heteroatoms. The maximum absolute atomic E-state index is 13.4. The number of rotatable bonds is 8. The van der Waals surface area contributed by atoms with Crippen molar-refractivity contribution >= 4 is 29.1 Å². The Bertz CT molecular complexity index is 1140. The van der Waals surface area contributed by atoms with Gasteiger partial charge in [0, 0.05) is 32.0 Å². The highest BCUT2D eigenvalue weighted by molar-refractivity contribution is 7.13. The number of nitrogens with one attached hydrogen (secondary N) is 2. The molecule has 0 spiro atoms. The maximum Gasteiger partial charge on any atom is 0.246 e. The molecule has 1 aromatic heterocycles. The van der Waals surface area contributed by atoms with Crippen molar-refractivity contribution in [2.45, 2.75) is 85.7 Å². The second-order valence-corrected chi connectivity index (χ2v) is 11.7. The van der Waals surface area contributed by atoms with Crippen molar-refractivity contribution in [3.05, 3.63) is 35.0 Å². The number of β-amino-alcohol motifs (C(OH)–C–C–N with tert-alkyl or cyclic N) is 1. The van der Waals surface area contributed by atoms with Crippen LogP contribution >= 0.6 is 11.3 Å². The van der Waals surface area contributed by atoms with Crippen molar-refractivity contribution in [2.24, 2.45) is 5.41 Å². The van der Waals surface area contributed by atoms with Gasteiger partial charge in [-0.3, -0.25) is 14.4 Å². The van der Waals surface area contributed by atoms with Gasteiger partial charge in [-0.25, -0.2) is 4.98 Å². The van der Waals surface area contributed by atoms with Gasteiger partial charge in [0.25, 0.3) is 0 Å². The fourth-order valence-corrected chi connectivity index (χ4v) is 5.21. The largest absolute Gasteiger partial charge is 0.491 e. The Labute approximate surface area is 222 Å². The number of hydrogen-bond donors (Lipinski definition) is 3. The summed E-state index contributed by atoms with van der Waals surface area (Å²) in [4.78, 5) is 45.2. The summed E-state index contributed by atoms with van der Waals surface area (Å²) in [5.41, 5.74) is 3.97. The first-order valence-electron chi connectivity index (χ1n) is 12.5. The number of aromatic nitrogens is 1. The number of carbonyl (C=O) groups is 3. The Morgan fingerprint density at radius 1 is 1.27 bits per heavy atom. The molecule has 2 aromatic rings. The van der Waals surface area contributed by atoms with Gasteiger partial charge in [0.1, 0.15) is 17.8 Å². The van der Waals surface area contributed by atoms with E-state index in [9.17, 15) is 19.5 Å². The number of hydrogen-bond acceptors (Lipinski definition) is 7. The molecule has 0 bridgehead atoms. The number of aliphatic hydroxyl groups is 1. The highest BCUT2D eigenvalue weighted by Crippen LogP contribution is 2.33. The van der Waals surface area contributed by atoms with E-state index in [-0.39, 0.29) is 43.3 Å². The lowest BCUT2D eigenvalue weighted by atomic mass is 9.85. The number of benzene rings is 1. The Balaban J connectivity index is 1.78. The molecule has 0 aliphatic carbocycles. The second-order valence-electron chi connectivity index (χ2n) is 10.9. The number of amides is 3. The lowest BCUT2D eigenvalue weighted by molar-refractivity contribution is -0.143. The normalized spacial score (nSPS) is 18.6. The molecule has 37 heavy (non-hydrogen) atoms. The number of ether oxygens (including phenoxy) is 1. The molecule has 1 fully saturated rings. The summed E-state index contributed by atoms with van der Waals surface area (Å²) >= 11 is 1.56. The molecule has 1 aromatic carbocycles. The van der Waals surface area contributed by atoms with Crippen molar-refractivity contribution in [1.29, 1.82) is 0 Å². The summed E-state index contributed by atoms with van der Waals surface area (Å²) in [6.07, 6.45) is -0.749. The van der Waals surface area contributed by atoms with Crippen LogP contribution in [-0.2, 0) is 20.9 Å². The molecule has 202 valence electrons. The molecule has 3 N–H and O–H groups in total. The standard InChI is InChI=1S/C27H38N4O5S/c1-15(2)36-22-10-18(23-16(3)29-14-37-23)8-9-19(22)12-28-25(34)21-11-20(33)13-31(21)26(35)24(27(5,6)7)30-17(4)32/h8-10,14-15,20-21,24,33H,11-13H2,1-7H3,(H,28,34)(H,30,32)/t20-,21+,24-/m1/s1. The SMILES string of the molecule is CC(=O)N[C@H](C(=O)N1C[C@H](O)C[C@H]1C(=O)NCc1ccc(-c2scnc2C)cc1OC(C)C)C(C)(C)C. The molecule has 0 radical (unpaired) electrons. The Kier molecular flexibility index (Phi) is 8.96. The van der Waals surface area contributed by atoms with Gasteiger partial charge in [-0.2, -0.15) is 0 Å². The van der Waals surface area contributed by atoms with Gasteiger partial charge in [-0.1, -0.05) is 32.9 Å². The van der Waals surface area contributed by atoms with E-state index in [0.717, 1.165) is 21.7 Å². The predicted octanol–water partition coefficient (Wildman–Crippen LogP) is 3.03. The van der Waals surface area contributed by atoms with Gasteiger partial charge < -0.3 is 25.4 Å². The van der Waals surface area contributed by atoms with E-state index < -0.39 is 23.6 Å². The fourth-order valence-electron chi connectivity index (χ4n) is 4.41. The quantitative estimate of drug-likeness (QED) is 0.483. The molecule has 0 saturated carbocycles. The lowest BCUT2D eigenvalue weighted by Crippen LogP contribution is -2.57. The smallest absolute Gasteiger partial charge is 0.246 e. The van der Waals surface area contributed by atoms with Crippen LogP contribution in [0.15, 0.2) is 23.7 Å². The van der Waals surface area contributed by atoms with Crippen LogP contribution in [0, 0.1) is 12.3 Å². The maximum atomic E-state index is 13.4. The molecule has 2 heterocycles.